The lowest BCUT2D eigenvalue weighted by Crippen LogP contribution is -2.29. The van der Waals surface area contributed by atoms with Crippen molar-refractivity contribution in [2.75, 3.05) is 6.54 Å². The molecule has 5 heteroatoms. The summed E-state index contributed by atoms with van der Waals surface area (Å²) in [5.41, 5.74) is 0. The van der Waals surface area contributed by atoms with E-state index in [9.17, 15) is 5.11 Å². The van der Waals surface area contributed by atoms with Gasteiger partial charge in [-0.25, -0.2) is 4.98 Å². The monoisotopic (exact) mass is 223 g/mol. The van der Waals surface area contributed by atoms with E-state index in [4.69, 9.17) is 0 Å². The van der Waals surface area contributed by atoms with Crippen LogP contribution in [-0.4, -0.2) is 27.1 Å². The normalized spacial score (nSPS) is 23.7. The second-order valence-corrected chi connectivity index (χ2v) is 4.80. The van der Waals surface area contributed by atoms with E-state index in [1.54, 1.807) is 11.3 Å². The van der Waals surface area contributed by atoms with E-state index in [2.05, 4.69) is 10.3 Å². The number of fused-ring (bicyclic) bond motifs is 1. The van der Waals surface area contributed by atoms with Gasteiger partial charge in [0, 0.05) is 17.6 Å². The second-order valence-electron chi connectivity index (χ2n) is 3.88. The van der Waals surface area contributed by atoms with Crippen molar-refractivity contribution in [2.45, 2.75) is 25.0 Å². The fourth-order valence-corrected chi connectivity index (χ4v) is 2.84. The van der Waals surface area contributed by atoms with Gasteiger partial charge in [0.1, 0.15) is 16.8 Å². The highest BCUT2D eigenvalue weighted by Crippen LogP contribution is 2.24. The molecule has 0 radical (unpaired) electrons. The number of aromatic nitrogens is 2. The maximum Gasteiger partial charge on any atom is 0.144 e. The minimum atomic E-state index is -0.496. The van der Waals surface area contributed by atoms with E-state index in [1.807, 2.05) is 22.2 Å². The molecule has 1 fully saturated rings. The van der Waals surface area contributed by atoms with Crippen LogP contribution in [0.2, 0.25) is 0 Å². The predicted octanol–water partition coefficient (Wildman–Crippen LogP) is 1.18. The van der Waals surface area contributed by atoms with Gasteiger partial charge in [-0.3, -0.25) is 4.40 Å². The third-order valence-corrected chi connectivity index (χ3v) is 3.74. The smallest absolute Gasteiger partial charge is 0.144 e. The molecule has 80 valence electrons. The van der Waals surface area contributed by atoms with Gasteiger partial charge in [-0.2, -0.15) is 0 Å². The maximum atomic E-state index is 10.2. The van der Waals surface area contributed by atoms with Crippen LogP contribution in [-0.2, 0) is 0 Å². The second kappa shape index (κ2) is 3.59. The van der Waals surface area contributed by atoms with Crippen LogP contribution in [0.25, 0.3) is 4.83 Å². The molecule has 2 aromatic heterocycles. The van der Waals surface area contributed by atoms with Crippen molar-refractivity contribution in [3.8, 4) is 0 Å². The highest BCUT2D eigenvalue weighted by atomic mass is 32.1. The van der Waals surface area contributed by atoms with Gasteiger partial charge in [-0.1, -0.05) is 0 Å². The molecule has 1 aliphatic rings. The Morgan fingerprint density at radius 3 is 3.40 bits per heavy atom. The van der Waals surface area contributed by atoms with Crippen LogP contribution < -0.4 is 5.32 Å². The Balaban J connectivity index is 1.95. The molecule has 2 unspecified atom stereocenters. The summed E-state index contributed by atoms with van der Waals surface area (Å²) in [5.74, 6) is 0.755. The number of hydrogen-bond acceptors (Lipinski definition) is 4. The summed E-state index contributed by atoms with van der Waals surface area (Å²) in [6.45, 7) is 1.000. The molecule has 15 heavy (non-hydrogen) atoms. The quantitative estimate of drug-likeness (QED) is 0.804. The Hall–Kier alpha value is -0.910. The summed E-state index contributed by atoms with van der Waals surface area (Å²) in [4.78, 5) is 5.37. The predicted molar refractivity (Wildman–Crippen MR) is 59.1 cm³/mol. The van der Waals surface area contributed by atoms with E-state index < -0.39 is 6.10 Å². The third-order valence-electron chi connectivity index (χ3n) is 2.93. The topological polar surface area (TPSA) is 49.6 Å². The van der Waals surface area contributed by atoms with Crippen LogP contribution in [0.3, 0.4) is 0 Å². The van der Waals surface area contributed by atoms with Crippen LogP contribution >= 0.6 is 11.3 Å². The van der Waals surface area contributed by atoms with Crippen LogP contribution in [0.15, 0.2) is 17.8 Å². The Morgan fingerprint density at radius 2 is 2.60 bits per heavy atom. The lowest BCUT2D eigenvalue weighted by molar-refractivity contribution is 0.128. The molecule has 0 saturated carbocycles. The van der Waals surface area contributed by atoms with Gasteiger partial charge in [0.05, 0.1) is 6.20 Å². The number of imidazole rings is 1. The molecule has 1 aliphatic heterocycles. The number of hydrogen-bond donors (Lipinski definition) is 2. The molecule has 1 saturated heterocycles. The first-order valence-electron chi connectivity index (χ1n) is 5.18. The zero-order valence-electron chi connectivity index (χ0n) is 8.26. The molecule has 0 amide bonds. The van der Waals surface area contributed by atoms with Crippen molar-refractivity contribution in [2.24, 2.45) is 0 Å². The molecule has 3 rings (SSSR count). The zero-order valence-corrected chi connectivity index (χ0v) is 9.07. The van der Waals surface area contributed by atoms with Crippen LogP contribution in [0.4, 0.5) is 0 Å². The van der Waals surface area contributed by atoms with Crippen LogP contribution in [0, 0.1) is 0 Å². The van der Waals surface area contributed by atoms with E-state index in [1.165, 1.54) is 0 Å². The lowest BCUT2D eigenvalue weighted by atomic mass is 10.1. The van der Waals surface area contributed by atoms with Gasteiger partial charge in [0.25, 0.3) is 0 Å². The number of nitrogens with one attached hydrogen (secondary N) is 1. The molecule has 0 spiro atoms. The summed E-state index contributed by atoms with van der Waals surface area (Å²) in [7, 11) is 0. The lowest BCUT2D eigenvalue weighted by Gasteiger charge is -2.16. The molecule has 0 aliphatic carbocycles. The van der Waals surface area contributed by atoms with Gasteiger partial charge in [-0.15, -0.1) is 11.3 Å². The summed E-state index contributed by atoms with van der Waals surface area (Å²) in [6.07, 6.45) is 5.45. The molecule has 2 N–H and O–H groups in total. The zero-order chi connectivity index (χ0) is 10.3. The molecular formula is C10H13N3OS. The Labute approximate surface area is 91.6 Å². The summed E-state index contributed by atoms with van der Waals surface area (Å²) in [5, 5.41) is 15.5. The molecule has 0 aromatic carbocycles. The van der Waals surface area contributed by atoms with E-state index in [0.717, 1.165) is 30.0 Å². The van der Waals surface area contributed by atoms with Gasteiger partial charge in [0.2, 0.25) is 0 Å². The molecule has 0 bridgehead atoms. The van der Waals surface area contributed by atoms with Crippen molar-refractivity contribution in [1.82, 2.24) is 14.7 Å². The molecular weight excluding hydrogens is 210 g/mol. The minimum absolute atomic E-state index is 0.163. The summed E-state index contributed by atoms with van der Waals surface area (Å²) >= 11 is 1.64. The summed E-state index contributed by atoms with van der Waals surface area (Å²) < 4.78 is 1.97. The summed E-state index contributed by atoms with van der Waals surface area (Å²) in [6, 6.07) is 0.163. The third kappa shape index (κ3) is 1.47. The first-order valence-corrected chi connectivity index (χ1v) is 6.06. The van der Waals surface area contributed by atoms with Crippen molar-refractivity contribution in [1.29, 1.82) is 0 Å². The SMILES string of the molecule is OC(c1ncc2sccn12)C1CCCN1. The number of thiazole rings is 1. The average Bonchev–Trinajstić information content (AvgIpc) is 2.94. The van der Waals surface area contributed by atoms with Gasteiger partial charge < -0.3 is 10.4 Å². The Morgan fingerprint density at radius 1 is 1.67 bits per heavy atom. The number of rotatable bonds is 2. The maximum absolute atomic E-state index is 10.2. The fourth-order valence-electron chi connectivity index (χ4n) is 2.14. The van der Waals surface area contributed by atoms with Crippen LogP contribution in [0.1, 0.15) is 24.8 Å². The van der Waals surface area contributed by atoms with E-state index in [0.29, 0.717) is 0 Å². The molecule has 2 aromatic rings. The molecule has 4 nitrogen and oxygen atoms in total. The van der Waals surface area contributed by atoms with Crippen LogP contribution in [0.5, 0.6) is 0 Å². The number of nitrogens with zero attached hydrogens (tertiary/aromatic N) is 2. The Bertz CT molecular complexity index is 458. The van der Waals surface area contributed by atoms with Crippen molar-refractivity contribution >= 4 is 16.2 Å². The standard InChI is InChI=1S/C10H13N3OS/c14-9(7-2-1-3-11-7)10-12-6-8-13(10)4-5-15-8/h4-7,9,11,14H,1-3H2. The fraction of sp³-hybridized carbons (Fsp3) is 0.500. The number of aliphatic hydroxyl groups is 1. The molecule has 3 heterocycles. The van der Waals surface area contributed by atoms with E-state index >= 15 is 0 Å². The largest absolute Gasteiger partial charge is 0.384 e. The van der Waals surface area contributed by atoms with Gasteiger partial charge >= 0.3 is 0 Å². The minimum Gasteiger partial charge on any atom is -0.384 e. The van der Waals surface area contributed by atoms with Crippen molar-refractivity contribution in [3.63, 3.8) is 0 Å². The van der Waals surface area contributed by atoms with E-state index in [-0.39, 0.29) is 6.04 Å². The number of aliphatic hydroxyl groups excluding tert-OH is 1. The van der Waals surface area contributed by atoms with Crippen molar-refractivity contribution in [3.05, 3.63) is 23.6 Å². The van der Waals surface area contributed by atoms with Gasteiger partial charge in [-0.05, 0) is 19.4 Å². The first-order chi connectivity index (χ1) is 7.36. The van der Waals surface area contributed by atoms with Gasteiger partial charge in [0.15, 0.2) is 0 Å². The highest BCUT2D eigenvalue weighted by Gasteiger charge is 2.27. The van der Waals surface area contributed by atoms with Crippen molar-refractivity contribution < 1.29 is 5.11 Å². The average molecular weight is 223 g/mol. The highest BCUT2D eigenvalue weighted by molar-refractivity contribution is 7.15. The Kier molecular flexibility index (Phi) is 2.23. The molecule has 2 atom stereocenters. The first kappa shape index (κ1) is 9.33.